The van der Waals surface area contributed by atoms with E-state index in [0.29, 0.717) is 11.8 Å². The van der Waals surface area contributed by atoms with Crippen molar-refractivity contribution in [1.29, 1.82) is 0 Å². The molecule has 4 unspecified atom stereocenters. The van der Waals surface area contributed by atoms with Crippen molar-refractivity contribution in [1.82, 2.24) is 0 Å². The van der Waals surface area contributed by atoms with Gasteiger partial charge in [0.1, 0.15) is 11.2 Å². The summed E-state index contributed by atoms with van der Waals surface area (Å²) in [6, 6.07) is 0. The highest BCUT2D eigenvalue weighted by Crippen LogP contribution is 2.41. The Morgan fingerprint density at radius 3 is 1.37 bits per heavy atom. The summed E-state index contributed by atoms with van der Waals surface area (Å²) in [5.74, 6) is 1.21. The van der Waals surface area contributed by atoms with Gasteiger partial charge >= 0.3 is 0 Å². The standard InChI is InChI=1S/C24H46O3/c1-5-7-9-11-13-15-21(3)23(19-26-23)17-25-18-24(20-27-24)22(4)16-14-12-10-8-6-2/h21-22H,5-20H2,1-4H3. The summed E-state index contributed by atoms with van der Waals surface area (Å²) in [4.78, 5) is 0. The summed E-state index contributed by atoms with van der Waals surface area (Å²) in [5.41, 5.74) is 0.00839. The lowest BCUT2D eigenvalue weighted by Crippen LogP contribution is -2.33. The van der Waals surface area contributed by atoms with Gasteiger partial charge in [-0.3, -0.25) is 0 Å². The van der Waals surface area contributed by atoms with Crippen LogP contribution in [0, 0.1) is 11.8 Å². The van der Waals surface area contributed by atoms with Crippen molar-refractivity contribution < 1.29 is 14.2 Å². The van der Waals surface area contributed by atoms with Crippen molar-refractivity contribution in [3.63, 3.8) is 0 Å². The first-order valence-electron chi connectivity index (χ1n) is 11.9. The largest absolute Gasteiger partial charge is 0.375 e. The molecular formula is C24H46O3. The van der Waals surface area contributed by atoms with E-state index in [0.717, 1.165) is 26.4 Å². The zero-order chi connectivity index (χ0) is 19.6. The third kappa shape index (κ3) is 7.66. The van der Waals surface area contributed by atoms with Crippen LogP contribution < -0.4 is 0 Å². The number of hydrogen-bond donors (Lipinski definition) is 0. The molecule has 0 aromatic rings. The van der Waals surface area contributed by atoms with E-state index in [2.05, 4.69) is 27.7 Å². The molecule has 2 saturated heterocycles. The van der Waals surface area contributed by atoms with E-state index >= 15 is 0 Å². The van der Waals surface area contributed by atoms with Crippen LogP contribution in [-0.2, 0) is 14.2 Å². The van der Waals surface area contributed by atoms with Crippen molar-refractivity contribution in [3.8, 4) is 0 Å². The van der Waals surface area contributed by atoms with Gasteiger partial charge in [0, 0.05) is 0 Å². The van der Waals surface area contributed by atoms with Crippen LogP contribution >= 0.6 is 0 Å². The lowest BCUT2D eigenvalue weighted by Gasteiger charge is -2.24. The van der Waals surface area contributed by atoms with Gasteiger partial charge in [0.15, 0.2) is 0 Å². The fraction of sp³-hybridized carbons (Fsp3) is 1.00. The summed E-state index contributed by atoms with van der Waals surface area (Å²) in [6.07, 6.45) is 16.1. The molecule has 0 spiro atoms. The quantitative estimate of drug-likeness (QED) is 0.199. The van der Waals surface area contributed by atoms with Crippen molar-refractivity contribution in [2.45, 2.75) is 116 Å². The first-order chi connectivity index (χ1) is 13.1. The van der Waals surface area contributed by atoms with Gasteiger partial charge in [0.05, 0.1) is 26.4 Å². The van der Waals surface area contributed by atoms with E-state index in [-0.39, 0.29) is 11.2 Å². The maximum Gasteiger partial charge on any atom is 0.117 e. The second-order valence-electron chi connectivity index (χ2n) is 9.41. The molecule has 0 amide bonds. The minimum absolute atomic E-state index is 0.00419. The maximum atomic E-state index is 6.17. The molecule has 2 aliphatic rings. The molecular weight excluding hydrogens is 336 g/mol. The SMILES string of the molecule is CCCCCCCC(C)C1(COCC2(C(C)CCCCCCC)CO2)CO1. The predicted octanol–water partition coefficient (Wildman–Crippen LogP) is 6.53. The Hall–Kier alpha value is -0.120. The Morgan fingerprint density at radius 1 is 0.667 bits per heavy atom. The Bertz CT molecular complexity index is 351. The number of unbranched alkanes of at least 4 members (excludes halogenated alkanes) is 8. The van der Waals surface area contributed by atoms with Gasteiger partial charge in [-0.05, 0) is 24.7 Å². The van der Waals surface area contributed by atoms with Gasteiger partial charge in [-0.2, -0.15) is 0 Å². The lowest BCUT2D eigenvalue weighted by atomic mass is 9.89. The van der Waals surface area contributed by atoms with Crippen LogP contribution in [0.3, 0.4) is 0 Å². The highest BCUT2D eigenvalue weighted by molar-refractivity contribution is 4.99. The minimum atomic E-state index is 0.00419. The Morgan fingerprint density at radius 2 is 1.04 bits per heavy atom. The van der Waals surface area contributed by atoms with Crippen LogP contribution in [-0.4, -0.2) is 37.6 Å². The molecule has 3 heteroatoms. The summed E-state index contributed by atoms with van der Waals surface area (Å²) in [7, 11) is 0. The maximum absolute atomic E-state index is 6.17. The number of ether oxygens (including phenoxy) is 3. The summed E-state index contributed by atoms with van der Waals surface area (Å²) < 4.78 is 17.9. The molecule has 2 rings (SSSR count). The molecule has 0 aliphatic carbocycles. The summed E-state index contributed by atoms with van der Waals surface area (Å²) >= 11 is 0. The number of rotatable bonds is 18. The molecule has 0 bridgehead atoms. The van der Waals surface area contributed by atoms with Gasteiger partial charge in [0.2, 0.25) is 0 Å². The molecule has 2 fully saturated rings. The molecule has 4 atom stereocenters. The lowest BCUT2D eigenvalue weighted by molar-refractivity contribution is 0.0104. The fourth-order valence-electron chi connectivity index (χ4n) is 4.24. The first-order valence-corrected chi connectivity index (χ1v) is 11.9. The molecule has 2 aliphatic heterocycles. The average molecular weight is 383 g/mol. The summed E-state index contributed by atoms with van der Waals surface area (Å²) in [5, 5.41) is 0. The van der Waals surface area contributed by atoms with E-state index in [1.807, 2.05) is 0 Å². The molecule has 0 saturated carbocycles. The molecule has 0 N–H and O–H groups in total. The van der Waals surface area contributed by atoms with Crippen molar-refractivity contribution in [2.75, 3.05) is 26.4 Å². The smallest absolute Gasteiger partial charge is 0.117 e. The molecule has 2 heterocycles. The predicted molar refractivity (Wildman–Crippen MR) is 113 cm³/mol. The van der Waals surface area contributed by atoms with Crippen LogP contribution in [0.1, 0.15) is 105 Å². The van der Waals surface area contributed by atoms with Gasteiger partial charge in [-0.25, -0.2) is 0 Å². The summed E-state index contributed by atoms with van der Waals surface area (Å²) in [6.45, 7) is 12.5. The van der Waals surface area contributed by atoms with E-state index in [9.17, 15) is 0 Å². The highest BCUT2D eigenvalue weighted by Gasteiger charge is 2.52. The molecule has 0 aromatic carbocycles. The second-order valence-corrected chi connectivity index (χ2v) is 9.41. The Balaban J connectivity index is 1.59. The van der Waals surface area contributed by atoms with Crippen LogP contribution in [0.15, 0.2) is 0 Å². The number of hydrogen-bond acceptors (Lipinski definition) is 3. The molecule has 27 heavy (non-hydrogen) atoms. The molecule has 0 aromatic heterocycles. The fourth-order valence-corrected chi connectivity index (χ4v) is 4.24. The van der Waals surface area contributed by atoms with Gasteiger partial charge < -0.3 is 14.2 Å². The van der Waals surface area contributed by atoms with E-state index in [1.54, 1.807) is 0 Å². The first kappa shape index (κ1) is 23.2. The topological polar surface area (TPSA) is 34.3 Å². The third-order valence-electron chi connectivity index (χ3n) is 7.00. The zero-order valence-electron chi connectivity index (χ0n) is 18.7. The van der Waals surface area contributed by atoms with Crippen molar-refractivity contribution >= 4 is 0 Å². The van der Waals surface area contributed by atoms with Crippen LogP contribution in [0.4, 0.5) is 0 Å². The van der Waals surface area contributed by atoms with Gasteiger partial charge in [0.25, 0.3) is 0 Å². The second kappa shape index (κ2) is 11.8. The highest BCUT2D eigenvalue weighted by atomic mass is 16.6. The molecule has 3 nitrogen and oxygen atoms in total. The van der Waals surface area contributed by atoms with Crippen LogP contribution in [0.5, 0.6) is 0 Å². The number of epoxide rings is 2. The van der Waals surface area contributed by atoms with Crippen LogP contribution in [0.2, 0.25) is 0 Å². The minimum Gasteiger partial charge on any atom is -0.375 e. The van der Waals surface area contributed by atoms with Crippen LogP contribution in [0.25, 0.3) is 0 Å². The Labute approximate surface area is 168 Å². The molecule has 0 radical (unpaired) electrons. The average Bonchev–Trinajstić information content (AvgIpc) is 3.57. The zero-order valence-corrected chi connectivity index (χ0v) is 18.7. The van der Waals surface area contributed by atoms with Gasteiger partial charge in [-0.1, -0.05) is 91.9 Å². The monoisotopic (exact) mass is 382 g/mol. The van der Waals surface area contributed by atoms with E-state index in [1.165, 1.54) is 77.0 Å². The van der Waals surface area contributed by atoms with E-state index < -0.39 is 0 Å². The third-order valence-corrected chi connectivity index (χ3v) is 7.00. The van der Waals surface area contributed by atoms with Crippen molar-refractivity contribution in [2.24, 2.45) is 11.8 Å². The van der Waals surface area contributed by atoms with Gasteiger partial charge in [-0.15, -0.1) is 0 Å². The Kier molecular flexibility index (Phi) is 10.1. The van der Waals surface area contributed by atoms with Crippen molar-refractivity contribution in [3.05, 3.63) is 0 Å². The van der Waals surface area contributed by atoms with E-state index in [4.69, 9.17) is 14.2 Å². The normalized spacial score (nSPS) is 28.9. The molecule has 160 valence electrons.